The van der Waals surface area contributed by atoms with Crippen molar-refractivity contribution in [2.45, 2.75) is 43.6 Å². The maximum absolute atomic E-state index is 12.7. The fourth-order valence-electron chi connectivity index (χ4n) is 3.54. The molecular formula is C18H20N4OS2. The zero-order chi connectivity index (χ0) is 17.3. The topological polar surface area (TPSA) is 71.6 Å². The van der Waals surface area contributed by atoms with Crippen molar-refractivity contribution < 1.29 is 4.79 Å². The highest BCUT2D eigenvalue weighted by Crippen LogP contribution is 2.43. The molecule has 0 N–H and O–H groups in total. The second kappa shape index (κ2) is 6.93. The van der Waals surface area contributed by atoms with Gasteiger partial charge in [-0.25, -0.2) is 4.68 Å². The first-order chi connectivity index (χ1) is 12.2. The van der Waals surface area contributed by atoms with Crippen molar-refractivity contribution in [3.63, 3.8) is 0 Å². The Morgan fingerprint density at radius 3 is 2.88 bits per heavy atom. The van der Waals surface area contributed by atoms with Gasteiger partial charge in [0.15, 0.2) is 11.3 Å². The molecule has 4 rings (SSSR count). The highest BCUT2D eigenvalue weighted by atomic mass is 32.2. The van der Waals surface area contributed by atoms with Crippen molar-refractivity contribution in [2.75, 3.05) is 11.5 Å². The number of rotatable bonds is 6. The molecule has 0 amide bonds. The van der Waals surface area contributed by atoms with Crippen LogP contribution in [0.5, 0.6) is 0 Å². The minimum atomic E-state index is -0.490. The molecule has 0 bridgehead atoms. The number of carbonyl (C=O) groups excluding carboxylic acids is 1. The molecule has 130 valence electrons. The largest absolute Gasteiger partial charge is 0.294 e. The Balaban J connectivity index is 1.59. The molecule has 1 saturated carbocycles. The van der Waals surface area contributed by atoms with Crippen molar-refractivity contribution in [1.29, 1.82) is 5.26 Å². The molecule has 2 aromatic heterocycles. The van der Waals surface area contributed by atoms with Crippen molar-refractivity contribution in [3.8, 4) is 6.07 Å². The maximum atomic E-state index is 12.7. The molecule has 0 radical (unpaired) electrons. The Hall–Kier alpha value is -1.65. The standard InChI is InChI=1S/C18H20N4OS2/c19-12-18(4-5-18)22-10-16(20-21-22)15(13-1-6-24-7-2-13)9-17(23)14-3-8-25-11-14/h3,8,10-11,13,15H,1-2,4-7,9H2/t15-/m0/s1. The highest BCUT2D eigenvalue weighted by Gasteiger charge is 2.47. The summed E-state index contributed by atoms with van der Waals surface area (Å²) in [6.07, 6.45) is 6.30. The van der Waals surface area contributed by atoms with E-state index in [2.05, 4.69) is 16.4 Å². The van der Waals surface area contributed by atoms with E-state index >= 15 is 0 Å². The van der Waals surface area contributed by atoms with E-state index in [1.165, 1.54) is 0 Å². The van der Waals surface area contributed by atoms with Gasteiger partial charge in [-0.15, -0.1) is 5.10 Å². The summed E-state index contributed by atoms with van der Waals surface area (Å²) in [5.41, 5.74) is 1.18. The molecule has 3 heterocycles. The first-order valence-electron chi connectivity index (χ1n) is 8.69. The monoisotopic (exact) mass is 372 g/mol. The molecule has 0 unspecified atom stereocenters. The number of Topliss-reactive ketones (excluding diaryl/α,β-unsaturated/α-hetero) is 1. The van der Waals surface area contributed by atoms with Crippen molar-refractivity contribution >= 4 is 28.9 Å². The molecule has 1 atom stereocenters. The number of ketones is 1. The number of thioether (sulfide) groups is 1. The lowest BCUT2D eigenvalue weighted by molar-refractivity contribution is 0.0962. The van der Waals surface area contributed by atoms with Crippen LogP contribution in [0.2, 0.25) is 0 Å². The Morgan fingerprint density at radius 2 is 2.24 bits per heavy atom. The fraction of sp³-hybridized carbons (Fsp3) is 0.556. The molecule has 2 aromatic rings. The zero-order valence-electron chi connectivity index (χ0n) is 13.9. The van der Waals surface area contributed by atoms with Gasteiger partial charge in [-0.3, -0.25) is 4.79 Å². The number of hydrogen-bond acceptors (Lipinski definition) is 6. The minimum Gasteiger partial charge on any atom is -0.294 e. The molecule has 1 aliphatic heterocycles. The van der Waals surface area contributed by atoms with Gasteiger partial charge >= 0.3 is 0 Å². The van der Waals surface area contributed by atoms with Crippen LogP contribution < -0.4 is 0 Å². The summed E-state index contributed by atoms with van der Waals surface area (Å²) >= 11 is 3.54. The first kappa shape index (κ1) is 16.8. The number of hydrogen-bond donors (Lipinski definition) is 0. The van der Waals surface area contributed by atoms with Gasteiger partial charge in [-0.2, -0.15) is 28.4 Å². The van der Waals surface area contributed by atoms with Crippen LogP contribution in [-0.2, 0) is 5.54 Å². The van der Waals surface area contributed by atoms with Crippen LogP contribution in [0.25, 0.3) is 0 Å². The van der Waals surface area contributed by atoms with Crippen molar-refractivity contribution in [1.82, 2.24) is 15.0 Å². The zero-order valence-corrected chi connectivity index (χ0v) is 15.6. The van der Waals surface area contributed by atoms with Gasteiger partial charge in [-0.1, -0.05) is 5.21 Å². The molecule has 0 aromatic carbocycles. The van der Waals surface area contributed by atoms with E-state index in [1.54, 1.807) is 16.0 Å². The SMILES string of the molecule is N#CC1(n2cc([C@@H](CC(=O)c3ccsc3)C3CCSCC3)nn2)CC1. The first-order valence-corrected chi connectivity index (χ1v) is 10.8. The smallest absolute Gasteiger partial charge is 0.164 e. The summed E-state index contributed by atoms with van der Waals surface area (Å²) in [5.74, 6) is 3.02. The predicted octanol–water partition coefficient (Wildman–Crippen LogP) is 3.85. The molecule has 25 heavy (non-hydrogen) atoms. The summed E-state index contributed by atoms with van der Waals surface area (Å²) in [7, 11) is 0. The quantitative estimate of drug-likeness (QED) is 0.720. The van der Waals surface area contributed by atoms with E-state index in [0.717, 1.165) is 48.4 Å². The number of nitriles is 1. The average molecular weight is 373 g/mol. The van der Waals surface area contributed by atoms with Crippen LogP contribution in [0.1, 0.15) is 54.1 Å². The second-order valence-corrected chi connectivity index (χ2v) is 8.93. The van der Waals surface area contributed by atoms with Crippen LogP contribution in [0.15, 0.2) is 23.0 Å². The lowest BCUT2D eigenvalue weighted by atomic mass is 9.81. The summed E-state index contributed by atoms with van der Waals surface area (Å²) in [6.45, 7) is 0. The van der Waals surface area contributed by atoms with E-state index in [4.69, 9.17) is 0 Å². The van der Waals surface area contributed by atoms with Gasteiger partial charge in [-0.05, 0) is 54.6 Å². The van der Waals surface area contributed by atoms with Crippen LogP contribution in [0.3, 0.4) is 0 Å². The number of thiophene rings is 1. The van der Waals surface area contributed by atoms with Gasteiger partial charge < -0.3 is 0 Å². The Kier molecular flexibility index (Phi) is 4.65. The molecule has 2 aliphatic rings. The van der Waals surface area contributed by atoms with Gasteiger partial charge in [0.25, 0.3) is 0 Å². The number of carbonyl (C=O) groups is 1. The van der Waals surface area contributed by atoms with Gasteiger partial charge in [0.2, 0.25) is 0 Å². The third kappa shape index (κ3) is 3.38. The lowest BCUT2D eigenvalue weighted by Crippen LogP contribution is -2.21. The van der Waals surface area contributed by atoms with Gasteiger partial charge in [0.05, 0.1) is 18.0 Å². The number of aromatic nitrogens is 3. The molecule has 2 fully saturated rings. The molecule has 5 nitrogen and oxygen atoms in total. The fourth-order valence-corrected chi connectivity index (χ4v) is 5.34. The van der Waals surface area contributed by atoms with E-state index in [-0.39, 0.29) is 11.7 Å². The third-order valence-electron chi connectivity index (χ3n) is 5.34. The molecule has 1 aliphatic carbocycles. The normalized spacial score (nSPS) is 20.8. The second-order valence-electron chi connectivity index (χ2n) is 6.93. The number of nitrogens with zero attached hydrogens (tertiary/aromatic N) is 4. The Morgan fingerprint density at radius 1 is 1.44 bits per heavy atom. The van der Waals surface area contributed by atoms with Crippen LogP contribution in [-0.4, -0.2) is 32.3 Å². The molecule has 7 heteroatoms. The summed E-state index contributed by atoms with van der Waals surface area (Å²) in [5, 5.41) is 21.9. The maximum Gasteiger partial charge on any atom is 0.164 e. The molecule has 0 spiro atoms. The van der Waals surface area contributed by atoms with Crippen LogP contribution in [0, 0.1) is 17.2 Å². The highest BCUT2D eigenvalue weighted by molar-refractivity contribution is 7.99. The van der Waals surface area contributed by atoms with Crippen molar-refractivity contribution in [2.24, 2.45) is 5.92 Å². The summed E-state index contributed by atoms with van der Waals surface area (Å²) in [6, 6.07) is 4.25. The Labute approximate surface area is 155 Å². The van der Waals surface area contributed by atoms with Gasteiger partial charge in [0, 0.05) is 23.3 Å². The predicted molar refractivity (Wildman–Crippen MR) is 98.9 cm³/mol. The van der Waals surface area contributed by atoms with Crippen molar-refractivity contribution in [3.05, 3.63) is 34.3 Å². The van der Waals surface area contributed by atoms with E-state index in [0.29, 0.717) is 12.3 Å². The summed E-state index contributed by atoms with van der Waals surface area (Å²) < 4.78 is 1.72. The van der Waals surface area contributed by atoms with E-state index < -0.39 is 5.54 Å². The Bertz CT molecular complexity index is 782. The third-order valence-corrected chi connectivity index (χ3v) is 7.08. The van der Waals surface area contributed by atoms with Gasteiger partial charge in [0.1, 0.15) is 0 Å². The minimum absolute atomic E-state index is 0.0940. The lowest BCUT2D eigenvalue weighted by Gasteiger charge is -2.28. The molecular weight excluding hydrogens is 352 g/mol. The van der Waals surface area contributed by atoms with E-state index in [9.17, 15) is 10.1 Å². The van der Waals surface area contributed by atoms with E-state index in [1.807, 2.05) is 34.8 Å². The summed E-state index contributed by atoms with van der Waals surface area (Å²) in [4.78, 5) is 12.7. The average Bonchev–Trinajstić information content (AvgIpc) is 3.05. The van der Waals surface area contributed by atoms with Crippen LogP contribution in [0.4, 0.5) is 0 Å². The van der Waals surface area contributed by atoms with Crippen LogP contribution >= 0.6 is 23.1 Å². The molecule has 1 saturated heterocycles.